The maximum Gasteiger partial charge on any atom is 0.204 e. The Morgan fingerprint density at radius 1 is 0.639 bits per heavy atom. The van der Waals surface area contributed by atoms with Crippen LogP contribution in [0.15, 0.2) is 145 Å². The van der Waals surface area contributed by atoms with Crippen molar-refractivity contribution < 1.29 is 4.57 Å². The minimum atomic E-state index is -3.05. The smallest absolute Gasteiger partial charge is 0.204 e. The molecule has 4 atom stereocenters. The van der Waals surface area contributed by atoms with Crippen LogP contribution in [0.3, 0.4) is 0 Å². The highest BCUT2D eigenvalue weighted by Crippen LogP contribution is 2.71. The van der Waals surface area contributed by atoms with Crippen LogP contribution in [0.25, 0.3) is 0 Å². The van der Waals surface area contributed by atoms with Gasteiger partial charge in [0.15, 0.2) is 0 Å². The molecule has 0 radical (unpaired) electrons. The van der Waals surface area contributed by atoms with E-state index in [9.17, 15) is 0 Å². The lowest BCUT2D eigenvalue weighted by atomic mass is 9.85. The first-order chi connectivity index (χ1) is 17.7. The third-order valence-corrected chi connectivity index (χ3v) is 10.7. The van der Waals surface area contributed by atoms with E-state index < -0.39 is 7.29 Å². The summed E-state index contributed by atoms with van der Waals surface area (Å²) in [6.07, 6.45) is 7.91. The van der Waals surface area contributed by atoms with Crippen LogP contribution in [0.2, 0.25) is 0 Å². The minimum absolute atomic E-state index is 0.0117. The number of benzene rings is 4. The van der Waals surface area contributed by atoms with Crippen LogP contribution in [0.4, 0.5) is 0 Å². The van der Waals surface area contributed by atoms with Crippen molar-refractivity contribution in [2.45, 2.75) is 19.0 Å². The van der Waals surface area contributed by atoms with Crippen molar-refractivity contribution in [3.05, 3.63) is 162 Å². The number of allylic oxidation sites excluding steroid dienone is 2. The fraction of sp³-hybridized carbons (Fsp3) is 0.152. The minimum Gasteiger partial charge on any atom is -0.297 e. The highest BCUT2D eigenvalue weighted by molar-refractivity contribution is 7.73. The second kappa shape index (κ2) is 9.90. The lowest BCUT2D eigenvalue weighted by Gasteiger charge is -2.31. The van der Waals surface area contributed by atoms with E-state index in [1.807, 2.05) is 24.3 Å². The van der Waals surface area contributed by atoms with Gasteiger partial charge in [0.2, 0.25) is 7.29 Å². The maximum absolute atomic E-state index is 15.5. The van der Waals surface area contributed by atoms with Gasteiger partial charge in [-0.05, 0) is 41.2 Å². The first kappa shape index (κ1) is 23.0. The predicted molar refractivity (Wildman–Crippen MR) is 149 cm³/mol. The van der Waals surface area contributed by atoms with Gasteiger partial charge in [0, 0.05) is 23.1 Å². The van der Waals surface area contributed by atoms with Crippen LogP contribution >= 0.6 is 7.29 Å². The van der Waals surface area contributed by atoms with Crippen molar-refractivity contribution in [2.24, 2.45) is 11.8 Å². The molecule has 1 heterocycles. The molecule has 0 amide bonds. The Labute approximate surface area is 214 Å². The zero-order valence-corrected chi connectivity index (χ0v) is 21.1. The summed E-state index contributed by atoms with van der Waals surface area (Å²) in [4.78, 5) is 0. The zero-order valence-electron chi connectivity index (χ0n) is 20.2. The fourth-order valence-electron chi connectivity index (χ4n) is 5.76. The number of hydrogen-bond acceptors (Lipinski definition) is 1. The largest absolute Gasteiger partial charge is 0.297 e. The summed E-state index contributed by atoms with van der Waals surface area (Å²) in [7, 11) is -3.05. The van der Waals surface area contributed by atoms with E-state index in [0.717, 1.165) is 17.0 Å². The second-order valence-corrected chi connectivity index (χ2v) is 12.4. The highest BCUT2D eigenvalue weighted by atomic mass is 31.2. The Hall–Kier alpha value is -3.45. The van der Waals surface area contributed by atoms with Gasteiger partial charge in [0.05, 0.1) is 6.04 Å². The van der Waals surface area contributed by atoms with Crippen LogP contribution in [0, 0.1) is 11.8 Å². The Balaban J connectivity index is 1.50. The van der Waals surface area contributed by atoms with Gasteiger partial charge in [-0.2, -0.15) is 0 Å². The molecule has 178 valence electrons. The SMILES string of the molecule is O=P1(c2ccccc2)C2=C[C@H](Cc3ccccc3)C=C[C@@H]2[C@@H](c2ccccc2)N1Cc1ccccc1. The van der Waals surface area contributed by atoms with Crippen molar-refractivity contribution in [1.29, 1.82) is 0 Å². The summed E-state index contributed by atoms with van der Waals surface area (Å²) in [5.41, 5.74) is 3.69. The molecule has 36 heavy (non-hydrogen) atoms. The molecule has 0 spiro atoms. The van der Waals surface area contributed by atoms with Gasteiger partial charge in [-0.15, -0.1) is 0 Å². The first-order valence-corrected chi connectivity index (χ1v) is 14.4. The molecule has 0 N–H and O–H groups in total. The van der Waals surface area contributed by atoms with E-state index in [0.29, 0.717) is 6.54 Å². The summed E-state index contributed by atoms with van der Waals surface area (Å²) in [5, 5.41) is 2.01. The molecular weight excluding hydrogens is 457 g/mol. The van der Waals surface area contributed by atoms with Crippen LogP contribution in [0.1, 0.15) is 22.7 Å². The van der Waals surface area contributed by atoms with Gasteiger partial charge >= 0.3 is 0 Å². The third kappa shape index (κ3) is 4.22. The molecule has 4 aromatic carbocycles. The summed E-state index contributed by atoms with van der Waals surface area (Å²) in [6, 6.07) is 41.8. The molecule has 1 fully saturated rings. The van der Waals surface area contributed by atoms with E-state index >= 15 is 4.57 Å². The Kier molecular flexibility index (Phi) is 6.32. The molecule has 2 aliphatic rings. The van der Waals surface area contributed by atoms with Gasteiger partial charge in [-0.1, -0.05) is 127 Å². The van der Waals surface area contributed by atoms with Gasteiger partial charge in [0.25, 0.3) is 0 Å². The quantitative estimate of drug-likeness (QED) is 0.204. The summed E-state index contributed by atoms with van der Waals surface area (Å²) in [6.45, 7) is 0.637. The van der Waals surface area contributed by atoms with Crippen LogP contribution < -0.4 is 5.30 Å². The molecule has 0 aromatic heterocycles. The van der Waals surface area contributed by atoms with Crippen molar-refractivity contribution in [2.75, 3.05) is 0 Å². The second-order valence-electron chi connectivity index (χ2n) is 9.71. The fourth-order valence-corrected chi connectivity index (χ4v) is 9.25. The lowest BCUT2D eigenvalue weighted by molar-refractivity contribution is 0.314. The maximum atomic E-state index is 15.5. The third-order valence-electron chi connectivity index (χ3n) is 7.41. The molecule has 2 nitrogen and oxygen atoms in total. The number of hydrogen-bond donors (Lipinski definition) is 0. The zero-order chi connectivity index (χ0) is 24.4. The average molecular weight is 488 g/mol. The molecule has 4 aromatic rings. The summed E-state index contributed by atoms with van der Waals surface area (Å²) in [5.74, 6) is 0.304. The van der Waals surface area contributed by atoms with Crippen molar-refractivity contribution in [3.63, 3.8) is 0 Å². The molecule has 3 heteroatoms. The molecule has 1 saturated heterocycles. The van der Waals surface area contributed by atoms with E-state index in [1.165, 1.54) is 16.7 Å². The van der Waals surface area contributed by atoms with Gasteiger partial charge < -0.3 is 0 Å². The molecule has 1 aliphatic heterocycles. The van der Waals surface area contributed by atoms with Gasteiger partial charge in [-0.25, -0.2) is 4.67 Å². The Bertz CT molecular complexity index is 1410. The van der Waals surface area contributed by atoms with E-state index in [4.69, 9.17) is 0 Å². The monoisotopic (exact) mass is 487 g/mol. The Morgan fingerprint density at radius 3 is 1.83 bits per heavy atom. The molecule has 0 bridgehead atoms. The summed E-state index contributed by atoms with van der Waals surface area (Å²) >= 11 is 0. The van der Waals surface area contributed by atoms with Crippen molar-refractivity contribution in [1.82, 2.24) is 4.67 Å². The molecule has 6 rings (SSSR count). The number of rotatable bonds is 6. The highest BCUT2D eigenvalue weighted by Gasteiger charge is 2.53. The molecule has 1 aliphatic carbocycles. The van der Waals surface area contributed by atoms with Gasteiger partial charge in [0.1, 0.15) is 0 Å². The molecular formula is C33H30NOP. The number of nitrogens with zero attached hydrogens (tertiary/aromatic N) is 1. The van der Waals surface area contributed by atoms with E-state index in [-0.39, 0.29) is 17.9 Å². The topological polar surface area (TPSA) is 20.3 Å². The van der Waals surface area contributed by atoms with Crippen LogP contribution in [-0.2, 0) is 17.5 Å². The Morgan fingerprint density at radius 2 is 1.19 bits per heavy atom. The van der Waals surface area contributed by atoms with Crippen molar-refractivity contribution >= 4 is 12.6 Å². The van der Waals surface area contributed by atoms with E-state index in [2.05, 4.69) is 120 Å². The van der Waals surface area contributed by atoms with Crippen LogP contribution in [-0.4, -0.2) is 4.67 Å². The van der Waals surface area contributed by atoms with E-state index in [1.54, 1.807) is 0 Å². The summed E-state index contributed by atoms with van der Waals surface area (Å²) < 4.78 is 17.8. The lowest BCUT2D eigenvalue weighted by Crippen LogP contribution is -2.25. The van der Waals surface area contributed by atoms with Crippen molar-refractivity contribution in [3.8, 4) is 0 Å². The molecule has 1 unspecified atom stereocenters. The normalized spacial score (nSPS) is 25.3. The molecule has 0 saturated carbocycles. The van der Waals surface area contributed by atoms with Gasteiger partial charge in [-0.3, -0.25) is 4.57 Å². The standard InChI is InChI=1S/C33H30NOP/c35-36(30-19-11-4-12-20-30)32-24-28(23-26-13-5-1-6-14-26)21-22-31(32)33(29-17-9-3-10-18-29)34(36)25-27-15-7-2-8-16-27/h1-22,24,28,31,33H,23,25H2/t28-,31-,33+,36?/m0/s1. The predicted octanol–water partition coefficient (Wildman–Crippen LogP) is 7.78. The average Bonchev–Trinajstić information content (AvgIpc) is 3.19. The van der Waals surface area contributed by atoms with Crippen LogP contribution in [0.5, 0.6) is 0 Å². The number of fused-ring (bicyclic) bond motifs is 1. The first-order valence-electron chi connectivity index (χ1n) is 12.7.